The SMILES string of the molecule is CCS(=O)(=O)CC(C)NCc1ncc[nH]1. The molecule has 0 aromatic carbocycles. The second kappa shape index (κ2) is 5.27. The lowest BCUT2D eigenvalue weighted by molar-refractivity contribution is 0.550. The highest BCUT2D eigenvalue weighted by Gasteiger charge is 2.13. The molecular weight excluding hydrogens is 214 g/mol. The van der Waals surface area contributed by atoms with Gasteiger partial charge in [0.25, 0.3) is 0 Å². The van der Waals surface area contributed by atoms with E-state index >= 15 is 0 Å². The number of aromatic nitrogens is 2. The summed E-state index contributed by atoms with van der Waals surface area (Å²) in [7, 11) is -2.90. The van der Waals surface area contributed by atoms with Crippen LogP contribution in [-0.4, -0.2) is 35.9 Å². The van der Waals surface area contributed by atoms with E-state index in [1.54, 1.807) is 19.3 Å². The minimum atomic E-state index is -2.90. The van der Waals surface area contributed by atoms with E-state index in [0.29, 0.717) is 6.54 Å². The monoisotopic (exact) mass is 231 g/mol. The fraction of sp³-hybridized carbons (Fsp3) is 0.667. The summed E-state index contributed by atoms with van der Waals surface area (Å²) in [5.41, 5.74) is 0. The predicted molar refractivity (Wildman–Crippen MR) is 59.2 cm³/mol. The van der Waals surface area contributed by atoms with E-state index in [9.17, 15) is 8.42 Å². The van der Waals surface area contributed by atoms with Gasteiger partial charge >= 0.3 is 0 Å². The van der Waals surface area contributed by atoms with Crippen molar-refractivity contribution < 1.29 is 8.42 Å². The van der Waals surface area contributed by atoms with Crippen LogP contribution in [0.2, 0.25) is 0 Å². The van der Waals surface area contributed by atoms with Crippen LogP contribution in [0.3, 0.4) is 0 Å². The van der Waals surface area contributed by atoms with Crippen LogP contribution in [0.1, 0.15) is 19.7 Å². The molecule has 0 aliphatic heterocycles. The number of imidazole rings is 1. The maximum atomic E-state index is 11.3. The molecule has 0 fully saturated rings. The first-order chi connectivity index (χ1) is 7.03. The lowest BCUT2D eigenvalue weighted by Crippen LogP contribution is -2.33. The van der Waals surface area contributed by atoms with Crippen molar-refractivity contribution in [2.75, 3.05) is 11.5 Å². The number of rotatable bonds is 6. The second-order valence-corrected chi connectivity index (χ2v) is 5.91. The molecule has 0 aliphatic rings. The largest absolute Gasteiger partial charge is 0.348 e. The van der Waals surface area contributed by atoms with E-state index < -0.39 is 9.84 Å². The average molecular weight is 231 g/mol. The van der Waals surface area contributed by atoms with Gasteiger partial charge in [-0.1, -0.05) is 6.92 Å². The van der Waals surface area contributed by atoms with Gasteiger partial charge in [-0.05, 0) is 6.92 Å². The number of sulfone groups is 1. The van der Waals surface area contributed by atoms with E-state index in [4.69, 9.17) is 0 Å². The predicted octanol–water partition coefficient (Wildman–Crippen LogP) is 0.322. The zero-order valence-corrected chi connectivity index (χ0v) is 9.84. The highest BCUT2D eigenvalue weighted by Crippen LogP contribution is 1.96. The van der Waals surface area contributed by atoms with Gasteiger partial charge in [-0.15, -0.1) is 0 Å². The zero-order valence-electron chi connectivity index (χ0n) is 9.03. The van der Waals surface area contributed by atoms with Gasteiger partial charge < -0.3 is 10.3 Å². The summed E-state index contributed by atoms with van der Waals surface area (Å²) in [5.74, 6) is 1.18. The van der Waals surface area contributed by atoms with Crippen molar-refractivity contribution in [3.63, 3.8) is 0 Å². The second-order valence-electron chi connectivity index (χ2n) is 3.52. The van der Waals surface area contributed by atoms with Crippen LogP contribution < -0.4 is 5.32 Å². The van der Waals surface area contributed by atoms with Gasteiger partial charge in [0.15, 0.2) is 9.84 Å². The molecule has 5 nitrogen and oxygen atoms in total. The van der Waals surface area contributed by atoms with Crippen LogP contribution >= 0.6 is 0 Å². The molecule has 0 radical (unpaired) electrons. The van der Waals surface area contributed by atoms with Gasteiger partial charge in [-0.2, -0.15) is 0 Å². The number of nitrogens with one attached hydrogen (secondary N) is 2. The number of hydrogen-bond acceptors (Lipinski definition) is 4. The van der Waals surface area contributed by atoms with Crippen molar-refractivity contribution in [3.8, 4) is 0 Å². The summed E-state index contributed by atoms with van der Waals surface area (Å²) >= 11 is 0. The first kappa shape index (κ1) is 12.2. The molecule has 0 bridgehead atoms. The Morgan fingerprint density at radius 1 is 1.60 bits per heavy atom. The van der Waals surface area contributed by atoms with Gasteiger partial charge in [-0.3, -0.25) is 0 Å². The van der Waals surface area contributed by atoms with Gasteiger partial charge in [0.2, 0.25) is 0 Å². The standard InChI is InChI=1S/C9H17N3O2S/c1-3-15(13,14)7-8(2)12-6-9-10-4-5-11-9/h4-5,8,12H,3,6-7H2,1-2H3,(H,10,11). The highest BCUT2D eigenvalue weighted by atomic mass is 32.2. The molecule has 0 saturated carbocycles. The molecule has 86 valence electrons. The van der Waals surface area contributed by atoms with Crippen LogP contribution in [-0.2, 0) is 16.4 Å². The topological polar surface area (TPSA) is 74.8 Å². The summed E-state index contributed by atoms with van der Waals surface area (Å²) in [6.07, 6.45) is 3.41. The maximum absolute atomic E-state index is 11.3. The highest BCUT2D eigenvalue weighted by molar-refractivity contribution is 7.91. The molecule has 6 heteroatoms. The molecule has 2 N–H and O–H groups in total. The minimum Gasteiger partial charge on any atom is -0.348 e. The lowest BCUT2D eigenvalue weighted by Gasteiger charge is -2.12. The third-order valence-corrected chi connectivity index (χ3v) is 4.00. The summed E-state index contributed by atoms with van der Waals surface area (Å²) < 4.78 is 22.6. The Bertz CT molecular complexity index is 372. The normalized spacial score (nSPS) is 14.0. The summed E-state index contributed by atoms with van der Waals surface area (Å²) in [4.78, 5) is 6.98. The van der Waals surface area contributed by atoms with Gasteiger partial charge in [0.05, 0.1) is 12.3 Å². The number of hydrogen-bond donors (Lipinski definition) is 2. The fourth-order valence-corrected chi connectivity index (χ4v) is 2.34. The van der Waals surface area contributed by atoms with Crippen molar-refractivity contribution in [2.24, 2.45) is 0 Å². The molecule has 1 aromatic rings. The molecule has 0 saturated heterocycles. The van der Waals surface area contributed by atoms with E-state index in [-0.39, 0.29) is 17.5 Å². The van der Waals surface area contributed by atoms with Crippen LogP contribution in [0.25, 0.3) is 0 Å². The minimum absolute atomic E-state index is 0.0555. The van der Waals surface area contributed by atoms with E-state index in [0.717, 1.165) is 5.82 Å². The van der Waals surface area contributed by atoms with Gasteiger partial charge in [-0.25, -0.2) is 13.4 Å². The Morgan fingerprint density at radius 3 is 2.87 bits per heavy atom. The van der Waals surface area contributed by atoms with Gasteiger partial charge in [0, 0.05) is 24.2 Å². The van der Waals surface area contributed by atoms with Crippen LogP contribution in [0.5, 0.6) is 0 Å². The number of nitrogens with zero attached hydrogens (tertiary/aromatic N) is 1. The molecule has 0 spiro atoms. The van der Waals surface area contributed by atoms with Crippen molar-refractivity contribution in [3.05, 3.63) is 18.2 Å². The molecule has 1 heterocycles. The van der Waals surface area contributed by atoms with E-state index in [1.165, 1.54) is 0 Å². The number of H-pyrrole nitrogens is 1. The van der Waals surface area contributed by atoms with Gasteiger partial charge in [0.1, 0.15) is 5.82 Å². The number of aromatic amines is 1. The smallest absolute Gasteiger partial charge is 0.151 e. The van der Waals surface area contributed by atoms with Crippen molar-refractivity contribution >= 4 is 9.84 Å². The van der Waals surface area contributed by atoms with Crippen molar-refractivity contribution in [2.45, 2.75) is 26.4 Å². The third kappa shape index (κ3) is 4.44. The third-order valence-electron chi connectivity index (χ3n) is 2.12. The van der Waals surface area contributed by atoms with Crippen molar-refractivity contribution in [1.29, 1.82) is 0 Å². The molecule has 0 aliphatic carbocycles. The quantitative estimate of drug-likeness (QED) is 0.739. The lowest BCUT2D eigenvalue weighted by atomic mass is 10.4. The Balaban J connectivity index is 2.34. The molecule has 0 amide bonds. The molecule has 1 rings (SSSR count). The maximum Gasteiger partial charge on any atom is 0.151 e. The Labute approximate surface area is 90.2 Å². The van der Waals surface area contributed by atoms with Crippen LogP contribution in [0.4, 0.5) is 0 Å². The summed E-state index contributed by atoms with van der Waals surface area (Å²) in [6.45, 7) is 4.08. The Hall–Kier alpha value is -0.880. The summed E-state index contributed by atoms with van der Waals surface area (Å²) in [6, 6.07) is -0.0555. The van der Waals surface area contributed by atoms with E-state index in [2.05, 4.69) is 15.3 Å². The molecule has 1 atom stereocenters. The molecule has 1 unspecified atom stereocenters. The Morgan fingerprint density at radius 2 is 2.33 bits per heavy atom. The molecular formula is C9H17N3O2S. The Kier molecular flexibility index (Phi) is 4.28. The average Bonchev–Trinajstić information content (AvgIpc) is 2.66. The van der Waals surface area contributed by atoms with E-state index in [1.807, 2.05) is 6.92 Å². The molecule has 15 heavy (non-hydrogen) atoms. The molecule has 1 aromatic heterocycles. The van der Waals surface area contributed by atoms with Crippen LogP contribution in [0, 0.1) is 0 Å². The zero-order chi connectivity index (χ0) is 11.3. The van der Waals surface area contributed by atoms with Crippen LogP contribution in [0.15, 0.2) is 12.4 Å². The first-order valence-electron chi connectivity index (χ1n) is 4.95. The van der Waals surface area contributed by atoms with Crippen molar-refractivity contribution in [1.82, 2.24) is 15.3 Å². The summed E-state index contributed by atoms with van der Waals surface area (Å²) in [5, 5.41) is 3.10. The first-order valence-corrected chi connectivity index (χ1v) is 6.77. The fourth-order valence-electron chi connectivity index (χ4n) is 1.22.